The zero-order valence-electron chi connectivity index (χ0n) is 8.30. The van der Waals surface area contributed by atoms with Crippen molar-refractivity contribution in [3.63, 3.8) is 0 Å². The molecule has 5 heteroatoms. The third-order valence-corrected chi connectivity index (χ3v) is 1.78. The van der Waals surface area contributed by atoms with Gasteiger partial charge in [0.1, 0.15) is 12.0 Å². The molecule has 0 bridgehead atoms. The standard InChI is InChI=1S/C10H11N3O2/c1-3-4-8(2)12-10-6-5-9(7-11-10)13(14)15/h1,5-8H,4H2,2H3,(H,11,12). The lowest BCUT2D eigenvalue weighted by Crippen LogP contribution is -2.14. The molecule has 5 nitrogen and oxygen atoms in total. The summed E-state index contributed by atoms with van der Waals surface area (Å²) in [6.45, 7) is 1.92. The van der Waals surface area contributed by atoms with Gasteiger partial charge in [-0.2, -0.15) is 0 Å². The number of terminal acetylenes is 1. The molecule has 1 atom stereocenters. The summed E-state index contributed by atoms with van der Waals surface area (Å²) in [4.78, 5) is 13.8. The minimum Gasteiger partial charge on any atom is -0.367 e. The average molecular weight is 205 g/mol. The second-order valence-corrected chi connectivity index (χ2v) is 3.11. The van der Waals surface area contributed by atoms with Gasteiger partial charge in [-0.1, -0.05) is 0 Å². The second kappa shape index (κ2) is 4.96. The molecule has 78 valence electrons. The first-order valence-corrected chi connectivity index (χ1v) is 4.44. The lowest BCUT2D eigenvalue weighted by Gasteiger charge is -2.10. The maximum absolute atomic E-state index is 10.4. The predicted octanol–water partition coefficient (Wildman–Crippen LogP) is 1.81. The van der Waals surface area contributed by atoms with Crippen LogP contribution in [0.1, 0.15) is 13.3 Å². The Bertz CT molecular complexity index is 381. The molecule has 15 heavy (non-hydrogen) atoms. The van der Waals surface area contributed by atoms with E-state index in [1.807, 2.05) is 6.92 Å². The summed E-state index contributed by atoms with van der Waals surface area (Å²) >= 11 is 0. The largest absolute Gasteiger partial charge is 0.367 e. The number of nitrogens with one attached hydrogen (secondary N) is 1. The van der Waals surface area contributed by atoms with Gasteiger partial charge < -0.3 is 5.32 Å². The number of nitrogens with zero attached hydrogens (tertiary/aromatic N) is 2. The molecule has 0 saturated carbocycles. The van der Waals surface area contributed by atoms with Gasteiger partial charge in [0.25, 0.3) is 5.69 Å². The van der Waals surface area contributed by atoms with Gasteiger partial charge in [0.15, 0.2) is 0 Å². The number of aromatic nitrogens is 1. The van der Waals surface area contributed by atoms with Crippen molar-refractivity contribution in [2.75, 3.05) is 5.32 Å². The molecule has 1 aromatic rings. The Kier molecular flexibility index (Phi) is 3.63. The van der Waals surface area contributed by atoms with E-state index in [2.05, 4.69) is 16.2 Å². The van der Waals surface area contributed by atoms with Crippen molar-refractivity contribution in [2.45, 2.75) is 19.4 Å². The Labute approximate surface area is 87.7 Å². The van der Waals surface area contributed by atoms with Crippen LogP contribution in [0.4, 0.5) is 11.5 Å². The van der Waals surface area contributed by atoms with E-state index in [4.69, 9.17) is 6.42 Å². The minimum atomic E-state index is -0.484. The number of anilines is 1. The molecule has 1 unspecified atom stereocenters. The molecular formula is C10H11N3O2. The number of hydrogen-bond acceptors (Lipinski definition) is 4. The Balaban J connectivity index is 2.65. The van der Waals surface area contributed by atoms with E-state index in [9.17, 15) is 10.1 Å². The second-order valence-electron chi connectivity index (χ2n) is 3.11. The van der Waals surface area contributed by atoms with Crippen LogP contribution in [-0.4, -0.2) is 15.9 Å². The van der Waals surface area contributed by atoms with Crippen molar-refractivity contribution in [2.24, 2.45) is 0 Å². The number of hydrogen-bond donors (Lipinski definition) is 1. The molecule has 0 aromatic carbocycles. The first-order valence-electron chi connectivity index (χ1n) is 4.44. The molecule has 1 rings (SSSR count). The van der Waals surface area contributed by atoms with E-state index in [0.717, 1.165) is 0 Å². The van der Waals surface area contributed by atoms with E-state index < -0.39 is 4.92 Å². The smallest absolute Gasteiger partial charge is 0.287 e. The van der Waals surface area contributed by atoms with Crippen molar-refractivity contribution < 1.29 is 4.92 Å². The maximum Gasteiger partial charge on any atom is 0.287 e. The van der Waals surface area contributed by atoms with Crippen molar-refractivity contribution in [3.8, 4) is 12.3 Å². The third kappa shape index (κ3) is 3.27. The lowest BCUT2D eigenvalue weighted by molar-refractivity contribution is -0.385. The summed E-state index contributed by atoms with van der Waals surface area (Å²) in [5.41, 5.74) is -0.0230. The van der Waals surface area contributed by atoms with Gasteiger partial charge in [0.2, 0.25) is 0 Å². The summed E-state index contributed by atoms with van der Waals surface area (Å²) < 4.78 is 0. The van der Waals surface area contributed by atoms with Crippen LogP contribution in [0.2, 0.25) is 0 Å². The summed E-state index contributed by atoms with van der Waals surface area (Å²) in [5, 5.41) is 13.4. The number of pyridine rings is 1. The molecule has 0 aliphatic heterocycles. The van der Waals surface area contributed by atoms with E-state index in [0.29, 0.717) is 12.2 Å². The van der Waals surface area contributed by atoms with Crippen LogP contribution in [0.15, 0.2) is 18.3 Å². The lowest BCUT2D eigenvalue weighted by atomic mass is 10.2. The van der Waals surface area contributed by atoms with Crippen LogP contribution in [0.25, 0.3) is 0 Å². The first kappa shape index (κ1) is 11.0. The molecule has 1 N–H and O–H groups in total. The highest BCUT2D eigenvalue weighted by Crippen LogP contribution is 2.12. The molecule has 0 aliphatic rings. The van der Waals surface area contributed by atoms with E-state index in [1.165, 1.54) is 12.3 Å². The minimum absolute atomic E-state index is 0.0230. The number of nitro groups is 1. The zero-order valence-corrected chi connectivity index (χ0v) is 8.30. The molecule has 0 radical (unpaired) electrons. The highest BCUT2D eigenvalue weighted by atomic mass is 16.6. The Morgan fingerprint density at radius 3 is 2.93 bits per heavy atom. The molecular weight excluding hydrogens is 194 g/mol. The van der Waals surface area contributed by atoms with E-state index >= 15 is 0 Å². The van der Waals surface area contributed by atoms with Crippen LogP contribution in [0.3, 0.4) is 0 Å². The zero-order chi connectivity index (χ0) is 11.3. The monoisotopic (exact) mass is 205 g/mol. The van der Waals surface area contributed by atoms with E-state index in [-0.39, 0.29) is 11.7 Å². The van der Waals surface area contributed by atoms with Gasteiger partial charge in [-0.05, 0) is 13.0 Å². The van der Waals surface area contributed by atoms with Crippen LogP contribution in [-0.2, 0) is 0 Å². The molecule has 0 aliphatic carbocycles. The van der Waals surface area contributed by atoms with Crippen LogP contribution in [0, 0.1) is 22.5 Å². The Morgan fingerprint density at radius 1 is 1.73 bits per heavy atom. The van der Waals surface area contributed by atoms with Crippen molar-refractivity contribution >= 4 is 11.5 Å². The van der Waals surface area contributed by atoms with Gasteiger partial charge in [-0.25, -0.2) is 4.98 Å². The average Bonchev–Trinajstić information content (AvgIpc) is 2.18. The topological polar surface area (TPSA) is 68.1 Å². The molecule has 0 saturated heterocycles. The summed E-state index contributed by atoms with van der Waals surface area (Å²) in [6, 6.07) is 3.06. The molecule has 0 fully saturated rings. The quantitative estimate of drug-likeness (QED) is 0.462. The van der Waals surface area contributed by atoms with Crippen molar-refractivity contribution in [3.05, 3.63) is 28.4 Å². The van der Waals surface area contributed by atoms with Crippen molar-refractivity contribution in [1.29, 1.82) is 0 Å². The fraction of sp³-hybridized carbons (Fsp3) is 0.300. The third-order valence-electron chi connectivity index (χ3n) is 1.78. The van der Waals surface area contributed by atoms with Crippen LogP contribution >= 0.6 is 0 Å². The fourth-order valence-electron chi connectivity index (χ4n) is 1.06. The maximum atomic E-state index is 10.4. The number of rotatable bonds is 4. The summed E-state index contributed by atoms with van der Waals surface area (Å²) in [6.07, 6.45) is 6.94. The normalized spacial score (nSPS) is 11.5. The van der Waals surface area contributed by atoms with E-state index in [1.54, 1.807) is 6.07 Å². The van der Waals surface area contributed by atoms with Gasteiger partial charge in [-0.3, -0.25) is 10.1 Å². The van der Waals surface area contributed by atoms with Crippen molar-refractivity contribution in [1.82, 2.24) is 4.98 Å². The fourth-order valence-corrected chi connectivity index (χ4v) is 1.06. The highest BCUT2D eigenvalue weighted by molar-refractivity contribution is 5.40. The van der Waals surface area contributed by atoms with Gasteiger partial charge >= 0.3 is 0 Å². The van der Waals surface area contributed by atoms with Crippen LogP contribution in [0.5, 0.6) is 0 Å². The molecule has 0 amide bonds. The van der Waals surface area contributed by atoms with Gasteiger partial charge in [-0.15, -0.1) is 12.3 Å². The predicted molar refractivity (Wildman–Crippen MR) is 57.4 cm³/mol. The SMILES string of the molecule is C#CCC(C)Nc1ccc([N+](=O)[O-])cn1. The Morgan fingerprint density at radius 2 is 2.47 bits per heavy atom. The first-order chi connectivity index (χ1) is 7.13. The summed E-state index contributed by atoms with van der Waals surface area (Å²) in [5.74, 6) is 3.11. The molecule has 1 aromatic heterocycles. The molecule has 1 heterocycles. The Hall–Kier alpha value is -2.09. The molecule has 0 spiro atoms. The van der Waals surface area contributed by atoms with Crippen LogP contribution < -0.4 is 5.32 Å². The van der Waals surface area contributed by atoms with Gasteiger partial charge in [0.05, 0.1) is 4.92 Å². The van der Waals surface area contributed by atoms with Gasteiger partial charge in [0, 0.05) is 18.5 Å². The summed E-state index contributed by atoms with van der Waals surface area (Å²) in [7, 11) is 0. The highest BCUT2D eigenvalue weighted by Gasteiger charge is 2.06.